The van der Waals surface area contributed by atoms with Crippen LogP contribution in [0, 0.1) is 0 Å². The van der Waals surface area contributed by atoms with Crippen LogP contribution in [-0.4, -0.2) is 42.4 Å². The Morgan fingerprint density at radius 3 is 2.71 bits per heavy atom. The Kier molecular flexibility index (Phi) is 4.66. The van der Waals surface area contributed by atoms with Crippen LogP contribution in [-0.2, 0) is 0 Å². The van der Waals surface area contributed by atoms with Gasteiger partial charge in [0.2, 0.25) is 0 Å². The van der Waals surface area contributed by atoms with Gasteiger partial charge in [-0.25, -0.2) is 0 Å². The molecule has 94 valence electrons. The first-order valence-corrected chi connectivity index (χ1v) is 6.41. The van der Waals surface area contributed by atoms with Gasteiger partial charge in [-0.05, 0) is 25.0 Å². The highest BCUT2D eigenvalue weighted by atomic mass is 35.5. The van der Waals surface area contributed by atoms with Crippen LogP contribution < -0.4 is 4.74 Å². The van der Waals surface area contributed by atoms with E-state index in [1.54, 1.807) is 0 Å². The third kappa shape index (κ3) is 3.87. The lowest BCUT2D eigenvalue weighted by Gasteiger charge is -2.29. The average Bonchev–Trinajstić information content (AvgIpc) is 2.34. The molecule has 0 spiro atoms. The van der Waals surface area contributed by atoms with Gasteiger partial charge in [0.25, 0.3) is 0 Å². The number of piperidine rings is 1. The minimum Gasteiger partial charge on any atom is -0.491 e. The van der Waals surface area contributed by atoms with Gasteiger partial charge < -0.3 is 9.84 Å². The number of likely N-dealkylation sites (tertiary alicyclic amines) is 1. The number of hydrogen-bond acceptors (Lipinski definition) is 3. The third-order valence-corrected chi connectivity index (χ3v) is 3.37. The van der Waals surface area contributed by atoms with Crippen molar-refractivity contribution in [1.82, 2.24) is 4.90 Å². The maximum absolute atomic E-state index is 9.39. The van der Waals surface area contributed by atoms with Crippen LogP contribution in [0.1, 0.15) is 12.8 Å². The molecule has 1 aromatic rings. The zero-order chi connectivity index (χ0) is 12.1. The highest BCUT2D eigenvalue weighted by Crippen LogP contribution is 2.23. The molecule has 1 saturated heterocycles. The van der Waals surface area contributed by atoms with E-state index in [9.17, 15) is 5.11 Å². The molecule has 2 rings (SSSR count). The van der Waals surface area contributed by atoms with E-state index in [1.807, 2.05) is 24.3 Å². The van der Waals surface area contributed by atoms with E-state index in [-0.39, 0.29) is 6.10 Å². The normalized spacial score (nSPS) is 18.2. The van der Waals surface area contributed by atoms with Crippen molar-refractivity contribution < 1.29 is 9.84 Å². The van der Waals surface area contributed by atoms with Gasteiger partial charge in [-0.15, -0.1) is 0 Å². The predicted molar refractivity (Wildman–Crippen MR) is 68.6 cm³/mol. The summed E-state index contributed by atoms with van der Waals surface area (Å²) in [5.74, 6) is 0.742. The lowest BCUT2D eigenvalue weighted by molar-refractivity contribution is 0.0755. The fraction of sp³-hybridized carbons (Fsp3) is 0.538. The number of aliphatic hydroxyl groups is 1. The van der Waals surface area contributed by atoms with Crippen molar-refractivity contribution in [2.75, 3.05) is 26.2 Å². The molecule has 0 aromatic heterocycles. The Balaban J connectivity index is 1.71. The first-order chi connectivity index (χ1) is 8.25. The molecule has 4 heteroatoms. The van der Waals surface area contributed by atoms with Crippen molar-refractivity contribution in [1.29, 1.82) is 0 Å². The molecule has 1 aliphatic heterocycles. The number of nitrogens with zero attached hydrogens (tertiary/aromatic N) is 1. The van der Waals surface area contributed by atoms with Crippen LogP contribution >= 0.6 is 11.6 Å². The summed E-state index contributed by atoms with van der Waals surface area (Å²) >= 11 is 5.99. The number of para-hydroxylation sites is 1. The summed E-state index contributed by atoms with van der Waals surface area (Å²) in [6.07, 6.45) is 1.62. The number of ether oxygens (including phenoxy) is 1. The fourth-order valence-electron chi connectivity index (χ4n) is 1.99. The van der Waals surface area contributed by atoms with E-state index in [2.05, 4.69) is 4.90 Å². The largest absolute Gasteiger partial charge is 0.491 e. The molecule has 1 aliphatic rings. The van der Waals surface area contributed by atoms with Crippen molar-refractivity contribution in [2.24, 2.45) is 0 Å². The first kappa shape index (κ1) is 12.7. The number of halogens is 1. The Morgan fingerprint density at radius 2 is 2.00 bits per heavy atom. The molecule has 0 amide bonds. The minimum atomic E-state index is -0.115. The second-order valence-corrected chi connectivity index (χ2v) is 4.76. The summed E-state index contributed by atoms with van der Waals surface area (Å²) in [5, 5.41) is 10.0. The SMILES string of the molecule is OC1CCN(CCOc2ccccc2Cl)CC1. The molecule has 1 heterocycles. The second kappa shape index (κ2) is 6.24. The Bertz CT molecular complexity index is 351. The number of aliphatic hydroxyl groups excluding tert-OH is 1. The van der Waals surface area contributed by atoms with Crippen LogP contribution in [0.3, 0.4) is 0 Å². The quantitative estimate of drug-likeness (QED) is 0.895. The highest BCUT2D eigenvalue weighted by molar-refractivity contribution is 6.32. The van der Waals surface area contributed by atoms with Crippen LogP contribution in [0.4, 0.5) is 0 Å². The maximum atomic E-state index is 9.39. The second-order valence-electron chi connectivity index (χ2n) is 4.35. The molecular formula is C13H18ClNO2. The van der Waals surface area contributed by atoms with Crippen molar-refractivity contribution in [3.63, 3.8) is 0 Å². The highest BCUT2D eigenvalue weighted by Gasteiger charge is 2.16. The smallest absolute Gasteiger partial charge is 0.137 e. The molecule has 0 aliphatic carbocycles. The lowest BCUT2D eigenvalue weighted by atomic mass is 10.1. The molecular weight excluding hydrogens is 238 g/mol. The van der Waals surface area contributed by atoms with E-state index < -0.39 is 0 Å². The summed E-state index contributed by atoms with van der Waals surface area (Å²) in [4.78, 5) is 2.31. The fourth-order valence-corrected chi connectivity index (χ4v) is 2.18. The van der Waals surface area contributed by atoms with Crippen molar-refractivity contribution in [3.05, 3.63) is 29.3 Å². The zero-order valence-electron chi connectivity index (χ0n) is 9.81. The minimum absolute atomic E-state index is 0.115. The summed E-state index contributed by atoms with van der Waals surface area (Å²) in [7, 11) is 0. The van der Waals surface area contributed by atoms with Crippen molar-refractivity contribution >= 4 is 11.6 Å². The molecule has 3 nitrogen and oxygen atoms in total. The summed E-state index contributed by atoms with van der Waals surface area (Å²) in [6, 6.07) is 7.51. The monoisotopic (exact) mass is 255 g/mol. The lowest BCUT2D eigenvalue weighted by Crippen LogP contribution is -2.38. The molecule has 0 bridgehead atoms. The number of hydrogen-bond donors (Lipinski definition) is 1. The van der Waals surface area contributed by atoms with Gasteiger partial charge in [0.15, 0.2) is 0 Å². The molecule has 0 saturated carbocycles. The molecule has 1 aromatic carbocycles. The van der Waals surface area contributed by atoms with E-state index in [0.29, 0.717) is 11.6 Å². The van der Waals surface area contributed by atoms with Gasteiger partial charge in [0.1, 0.15) is 12.4 Å². The van der Waals surface area contributed by atoms with Crippen LogP contribution in [0.5, 0.6) is 5.75 Å². The van der Waals surface area contributed by atoms with Crippen LogP contribution in [0.25, 0.3) is 0 Å². The zero-order valence-corrected chi connectivity index (χ0v) is 10.6. The third-order valence-electron chi connectivity index (χ3n) is 3.06. The number of rotatable bonds is 4. The summed E-state index contributed by atoms with van der Waals surface area (Å²) < 4.78 is 5.63. The van der Waals surface area contributed by atoms with Crippen molar-refractivity contribution in [3.8, 4) is 5.75 Å². The summed E-state index contributed by atoms with van der Waals surface area (Å²) in [5.41, 5.74) is 0. The van der Waals surface area contributed by atoms with Crippen LogP contribution in [0.2, 0.25) is 5.02 Å². The predicted octanol–water partition coefficient (Wildman–Crippen LogP) is 2.18. The Labute approximate surface area is 107 Å². The van der Waals surface area contributed by atoms with E-state index >= 15 is 0 Å². The number of benzene rings is 1. The van der Waals surface area contributed by atoms with Gasteiger partial charge in [-0.1, -0.05) is 23.7 Å². The van der Waals surface area contributed by atoms with Crippen LogP contribution in [0.15, 0.2) is 24.3 Å². The molecule has 0 radical (unpaired) electrons. The van der Waals surface area contributed by atoms with Gasteiger partial charge in [-0.2, -0.15) is 0 Å². The Hall–Kier alpha value is -0.770. The van der Waals surface area contributed by atoms with Gasteiger partial charge >= 0.3 is 0 Å². The van der Waals surface area contributed by atoms with Gasteiger partial charge in [0, 0.05) is 19.6 Å². The van der Waals surface area contributed by atoms with E-state index in [4.69, 9.17) is 16.3 Å². The van der Waals surface area contributed by atoms with Gasteiger partial charge in [0.05, 0.1) is 11.1 Å². The Morgan fingerprint density at radius 1 is 1.29 bits per heavy atom. The molecule has 1 fully saturated rings. The molecule has 17 heavy (non-hydrogen) atoms. The average molecular weight is 256 g/mol. The van der Waals surface area contributed by atoms with Crippen molar-refractivity contribution in [2.45, 2.75) is 18.9 Å². The van der Waals surface area contributed by atoms with E-state index in [0.717, 1.165) is 38.2 Å². The van der Waals surface area contributed by atoms with E-state index in [1.165, 1.54) is 0 Å². The van der Waals surface area contributed by atoms with Gasteiger partial charge in [-0.3, -0.25) is 4.90 Å². The molecule has 1 N–H and O–H groups in total. The molecule has 0 atom stereocenters. The first-order valence-electron chi connectivity index (χ1n) is 6.03. The topological polar surface area (TPSA) is 32.7 Å². The summed E-state index contributed by atoms with van der Waals surface area (Å²) in [6.45, 7) is 3.43. The standard InChI is InChI=1S/C13H18ClNO2/c14-12-3-1-2-4-13(12)17-10-9-15-7-5-11(16)6-8-15/h1-4,11,16H,5-10H2. The maximum Gasteiger partial charge on any atom is 0.137 e. The molecule has 0 unspecified atom stereocenters.